The van der Waals surface area contributed by atoms with E-state index in [4.69, 9.17) is 0 Å². The largest absolute Gasteiger partial charge is 0.462 e. The number of carbonyl (C=O) groups excluding carboxylic acids is 2. The molecule has 32 heavy (non-hydrogen) atoms. The molecule has 166 valence electrons. The summed E-state index contributed by atoms with van der Waals surface area (Å²) < 4.78 is 46.0. The van der Waals surface area contributed by atoms with Crippen molar-refractivity contribution < 1.29 is 32.4 Å². The lowest BCUT2D eigenvalue weighted by molar-refractivity contribution is -0.384. The van der Waals surface area contributed by atoms with E-state index >= 15 is 0 Å². The number of alkyl halides is 3. The van der Waals surface area contributed by atoms with Crippen molar-refractivity contribution in [2.24, 2.45) is 0 Å². The van der Waals surface area contributed by atoms with Crippen molar-refractivity contribution in [1.82, 2.24) is 9.78 Å². The minimum Gasteiger partial charge on any atom is -0.462 e. The number of aromatic nitrogens is 2. The number of rotatable bonds is 6. The molecular weight excluding hydrogens is 433 g/mol. The first-order valence-corrected chi connectivity index (χ1v) is 9.10. The lowest BCUT2D eigenvalue weighted by atomic mass is 10.2. The van der Waals surface area contributed by atoms with Crippen LogP contribution in [0.3, 0.4) is 0 Å². The molecule has 0 unspecified atom stereocenters. The molecule has 3 aromatic rings. The zero-order valence-electron chi connectivity index (χ0n) is 16.4. The van der Waals surface area contributed by atoms with E-state index in [0.717, 1.165) is 6.20 Å². The van der Waals surface area contributed by atoms with E-state index in [-0.39, 0.29) is 29.2 Å². The molecule has 12 heteroatoms. The van der Waals surface area contributed by atoms with Crippen LogP contribution in [0, 0.1) is 10.1 Å². The van der Waals surface area contributed by atoms with Crippen LogP contribution in [0.2, 0.25) is 0 Å². The fourth-order valence-electron chi connectivity index (χ4n) is 2.80. The van der Waals surface area contributed by atoms with E-state index in [0.29, 0.717) is 4.68 Å². The summed E-state index contributed by atoms with van der Waals surface area (Å²) in [5, 5.41) is 16.9. The number of anilines is 1. The maximum Gasteiger partial charge on any atom is 0.434 e. The van der Waals surface area contributed by atoms with Crippen LogP contribution in [0.15, 0.2) is 54.7 Å². The quantitative estimate of drug-likeness (QED) is 0.343. The Labute approximate surface area is 178 Å². The van der Waals surface area contributed by atoms with Gasteiger partial charge in [-0.25, -0.2) is 9.48 Å². The van der Waals surface area contributed by atoms with Crippen LogP contribution in [-0.2, 0) is 10.9 Å². The summed E-state index contributed by atoms with van der Waals surface area (Å²) in [6.07, 6.45) is -4.09. The van der Waals surface area contributed by atoms with Crippen LogP contribution in [0.1, 0.15) is 33.3 Å². The molecule has 3 rings (SSSR count). The van der Waals surface area contributed by atoms with Crippen LogP contribution in [0.5, 0.6) is 0 Å². The Bertz CT molecular complexity index is 1160. The third kappa shape index (κ3) is 4.74. The number of nitrogens with one attached hydrogen (secondary N) is 1. The average Bonchev–Trinajstić information content (AvgIpc) is 3.20. The second-order valence-corrected chi connectivity index (χ2v) is 6.34. The first-order valence-electron chi connectivity index (χ1n) is 9.10. The van der Waals surface area contributed by atoms with Crippen LogP contribution >= 0.6 is 0 Å². The summed E-state index contributed by atoms with van der Waals surface area (Å²) in [6, 6.07) is 10.2. The number of ether oxygens (including phenoxy) is 1. The van der Waals surface area contributed by atoms with Crippen molar-refractivity contribution >= 4 is 23.3 Å². The van der Waals surface area contributed by atoms with E-state index in [1.807, 2.05) is 0 Å². The van der Waals surface area contributed by atoms with Crippen molar-refractivity contribution in [2.45, 2.75) is 13.1 Å². The van der Waals surface area contributed by atoms with E-state index in [1.54, 1.807) is 0 Å². The fraction of sp³-hybridized carbons (Fsp3) is 0.150. The van der Waals surface area contributed by atoms with Gasteiger partial charge in [-0.2, -0.15) is 18.3 Å². The number of nitro groups is 1. The Morgan fingerprint density at radius 3 is 2.28 bits per heavy atom. The molecule has 0 spiro atoms. The van der Waals surface area contributed by atoms with Gasteiger partial charge in [0.15, 0.2) is 5.69 Å². The highest BCUT2D eigenvalue weighted by atomic mass is 19.4. The number of benzene rings is 2. The Morgan fingerprint density at radius 2 is 1.75 bits per heavy atom. The van der Waals surface area contributed by atoms with Gasteiger partial charge < -0.3 is 10.1 Å². The number of esters is 1. The van der Waals surface area contributed by atoms with Gasteiger partial charge >= 0.3 is 12.1 Å². The number of amides is 1. The number of nitrogens with zero attached hydrogens (tertiary/aromatic N) is 3. The van der Waals surface area contributed by atoms with E-state index < -0.39 is 34.2 Å². The van der Waals surface area contributed by atoms with Gasteiger partial charge in [0.2, 0.25) is 0 Å². The zero-order chi connectivity index (χ0) is 23.5. The Balaban J connectivity index is 1.83. The average molecular weight is 448 g/mol. The Kier molecular flexibility index (Phi) is 6.23. The molecule has 0 saturated carbocycles. The molecule has 9 nitrogen and oxygen atoms in total. The van der Waals surface area contributed by atoms with Gasteiger partial charge in [0, 0.05) is 23.4 Å². The summed E-state index contributed by atoms with van der Waals surface area (Å²) in [5.41, 5.74) is -1.74. The molecule has 0 aliphatic carbocycles. The summed E-state index contributed by atoms with van der Waals surface area (Å²) in [6.45, 7) is 1.38. The highest BCUT2D eigenvalue weighted by Gasteiger charge is 2.41. The molecule has 0 radical (unpaired) electrons. The lowest BCUT2D eigenvalue weighted by Gasteiger charge is -2.13. The van der Waals surface area contributed by atoms with Crippen molar-refractivity contribution in [1.29, 1.82) is 0 Å². The van der Waals surface area contributed by atoms with Gasteiger partial charge in [0.25, 0.3) is 11.6 Å². The minimum atomic E-state index is -4.87. The molecule has 0 bridgehead atoms. The molecule has 1 amide bonds. The zero-order valence-corrected chi connectivity index (χ0v) is 16.4. The van der Waals surface area contributed by atoms with Crippen molar-refractivity contribution in [3.8, 4) is 5.69 Å². The smallest absolute Gasteiger partial charge is 0.434 e. The van der Waals surface area contributed by atoms with Gasteiger partial charge in [-0.05, 0) is 43.3 Å². The van der Waals surface area contributed by atoms with Gasteiger partial charge in [0.05, 0.1) is 23.4 Å². The number of nitro benzene ring substituents is 1. The number of hydrogen-bond acceptors (Lipinski definition) is 6. The second kappa shape index (κ2) is 8.88. The number of carbonyl (C=O) groups is 2. The second-order valence-electron chi connectivity index (χ2n) is 6.34. The van der Waals surface area contributed by atoms with Gasteiger partial charge in [0.1, 0.15) is 5.56 Å². The molecule has 0 saturated heterocycles. The van der Waals surface area contributed by atoms with Crippen molar-refractivity contribution in [2.75, 3.05) is 11.9 Å². The van der Waals surface area contributed by atoms with Crippen molar-refractivity contribution in [3.05, 3.63) is 81.7 Å². The van der Waals surface area contributed by atoms with Crippen LogP contribution in [0.4, 0.5) is 24.5 Å². The molecule has 1 N–H and O–H groups in total. The number of hydrogen-bond donors (Lipinski definition) is 1. The summed E-state index contributed by atoms with van der Waals surface area (Å²) in [7, 11) is 0. The third-order valence-electron chi connectivity index (χ3n) is 4.24. The van der Waals surface area contributed by atoms with E-state index in [2.05, 4.69) is 15.2 Å². The highest BCUT2D eigenvalue weighted by molar-refractivity contribution is 6.04. The normalized spacial score (nSPS) is 11.1. The van der Waals surface area contributed by atoms with Gasteiger partial charge in [-0.15, -0.1) is 0 Å². The van der Waals surface area contributed by atoms with Gasteiger partial charge in [-0.1, -0.05) is 0 Å². The van der Waals surface area contributed by atoms with E-state index in [9.17, 15) is 32.9 Å². The molecule has 0 aliphatic rings. The predicted octanol–water partition coefficient (Wildman–Crippen LogP) is 4.23. The minimum absolute atomic E-state index is 0.00112. The topological polar surface area (TPSA) is 116 Å². The molecule has 0 aliphatic heterocycles. The highest BCUT2D eigenvalue weighted by Crippen LogP contribution is 2.34. The molecule has 2 aromatic carbocycles. The van der Waals surface area contributed by atoms with E-state index in [1.165, 1.54) is 55.5 Å². The first-order chi connectivity index (χ1) is 15.1. The number of halogens is 3. The Hall–Kier alpha value is -4.22. The van der Waals surface area contributed by atoms with Crippen LogP contribution < -0.4 is 5.32 Å². The van der Waals surface area contributed by atoms with Crippen molar-refractivity contribution in [3.63, 3.8) is 0 Å². The van der Waals surface area contributed by atoms with Gasteiger partial charge in [-0.3, -0.25) is 14.9 Å². The number of non-ortho nitro benzene ring substituents is 1. The van der Waals surface area contributed by atoms with Crippen LogP contribution in [0.25, 0.3) is 5.69 Å². The molecule has 0 fully saturated rings. The monoisotopic (exact) mass is 448 g/mol. The predicted molar refractivity (Wildman–Crippen MR) is 106 cm³/mol. The maximum atomic E-state index is 13.6. The standard InChI is InChI=1S/C20H15F3N4O5/c1-2-32-19(29)16-11-24-26(17(16)20(21,22)23)14-9-5-13(6-10-14)25-18(28)12-3-7-15(8-4-12)27(30)31/h3-11H,2H2,1H3,(H,25,28). The summed E-state index contributed by atoms with van der Waals surface area (Å²) >= 11 is 0. The molecule has 1 heterocycles. The SMILES string of the molecule is CCOC(=O)c1cnn(-c2ccc(NC(=O)c3ccc([N+](=O)[O-])cc3)cc2)c1C(F)(F)F. The maximum absolute atomic E-state index is 13.6. The molecular formula is C20H15F3N4O5. The summed E-state index contributed by atoms with van der Waals surface area (Å²) in [4.78, 5) is 34.2. The molecule has 0 atom stereocenters. The Morgan fingerprint density at radius 1 is 1.12 bits per heavy atom. The van der Waals surface area contributed by atoms with Crippen LogP contribution in [-0.4, -0.2) is 33.2 Å². The molecule has 1 aromatic heterocycles. The fourth-order valence-corrected chi connectivity index (χ4v) is 2.80. The third-order valence-corrected chi connectivity index (χ3v) is 4.24. The lowest BCUT2D eigenvalue weighted by Crippen LogP contribution is -2.18. The first kappa shape index (κ1) is 22.5. The summed E-state index contributed by atoms with van der Waals surface area (Å²) in [5.74, 6) is -1.70.